The predicted molar refractivity (Wildman–Crippen MR) is 188 cm³/mol. The molecule has 0 atom stereocenters. The van der Waals surface area contributed by atoms with E-state index in [0.717, 1.165) is 0 Å². The van der Waals surface area contributed by atoms with Crippen molar-refractivity contribution < 1.29 is 38.0 Å². The fourth-order valence-corrected chi connectivity index (χ4v) is 6.12. The molecule has 12 nitrogen and oxygen atoms in total. The van der Waals surface area contributed by atoms with E-state index in [-0.39, 0.29) is 11.8 Å². The van der Waals surface area contributed by atoms with Crippen LogP contribution in [0.2, 0.25) is 0 Å². The van der Waals surface area contributed by atoms with Crippen LogP contribution in [0.4, 0.5) is 11.4 Å². The number of hydrogen-bond donors (Lipinski definition) is 2. The Balaban J connectivity index is 1.43. The summed E-state index contributed by atoms with van der Waals surface area (Å²) < 4.78 is 33.2. The zero-order chi connectivity index (χ0) is 35.2. The highest BCUT2D eigenvalue weighted by atomic mass is 16.5. The lowest BCUT2D eigenvalue weighted by molar-refractivity contribution is 0.0719. The molecule has 0 unspecified atom stereocenters. The zero-order valence-electron chi connectivity index (χ0n) is 28.6. The second-order valence-electron chi connectivity index (χ2n) is 11.4. The van der Waals surface area contributed by atoms with E-state index in [4.69, 9.17) is 39.9 Å². The summed E-state index contributed by atoms with van der Waals surface area (Å²) in [7, 11) is 9.23. The highest BCUT2D eigenvalue weighted by Gasteiger charge is 2.28. The summed E-state index contributed by atoms with van der Waals surface area (Å²) in [5.74, 6) is 2.34. The van der Waals surface area contributed by atoms with Crippen molar-refractivity contribution in [2.45, 2.75) is 6.42 Å². The number of amides is 2. The summed E-state index contributed by atoms with van der Waals surface area (Å²) in [5.41, 5.74) is 16.8. The molecule has 1 aliphatic heterocycles. The smallest absolute Gasteiger partial charge is 0.254 e. The lowest BCUT2D eigenvalue weighted by Crippen LogP contribution is -2.37. The molecule has 5 rings (SSSR count). The van der Waals surface area contributed by atoms with E-state index in [1.807, 2.05) is 0 Å². The molecular weight excluding hydrogens is 628 g/mol. The van der Waals surface area contributed by atoms with Crippen LogP contribution in [0.5, 0.6) is 34.5 Å². The highest BCUT2D eigenvalue weighted by molar-refractivity contribution is 6.03. The van der Waals surface area contributed by atoms with Gasteiger partial charge in [-0.25, -0.2) is 0 Å². The van der Waals surface area contributed by atoms with Crippen LogP contribution in [0.25, 0.3) is 22.3 Å². The summed E-state index contributed by atoms with van der Waals surface area (Å²) in [6, 6.07) is 17.6. The SMILES string of the molecule is COc1cc(-c2ccc(N)cc2C(=O)N2CCCN(C(=O)c3cc(N)ccc3-c3cc(OC)c(OC)c(OC)c3)CC2)cc(OC)c1OC. The van der Waals surface area contributed by atoms with Crippen molar-refractivity contribution in [1.29, 1.82) is 0 Å². The van der Waals surface area contributed by atoms with Gasteiger partial charge in [0.25, 0.3) is 11.8 Å². The summed E-state index contributed by atoms with van der Waals surface area (Å²) in [6.07, 6.45) is 0.571. The van der Waals surface area contributed by atoms with Gasteiger partial charge in [0, 0.05) is 48.7 Å². The lowest BCUT2D eigenvalue weighted by Gasteiger charge is -2.24. The lowest BCUT2D eigenvalue weighted by atomic mass is 9.97. The minimum absolute atomic E-state index is 0.201. The number of hydrogen-bond acceptors (Lipinski definition) is 10. The second kappa shape index (κ2) is 15.0. The van der Waals surface area contributed by atoms with Crippen molar-refractivity contribution in [2.75, 3.05) is 80.3 Å². The van der Waals surface area contributed by atoms with Crippen molar-refractivity contribution in [1.82, 2.24) is 9.80 Å². The minimum Gasteiger partial charge on any atom is -0.493 e. The number of anilines is 2. The number of methoxy groups -OCH3 is 6. The molecule has 0 aliphatic carbocycles. The maximum Gasteiger partial charge on any atom is 0.254 e. The maximum absolute atomic E-state index is 14.2. The van der Waals surface area contributed by atoms with Crippen LogP contribution in [0, 0.1) is 0 Å². The first kappa shape index (κ1) is 34.6. The first-order valence-corrected chi connectivity index (χ1v) is 15.7. The van der Waals surface area contributed by atoms with Crippen LogP contribution in [0.15, 0.2) is 60.7 Å². The number of carbonyl (C=O) groups excluding carboxylic acids is 2. The normalized spacial score (nSPS) is 12.9. The molecule has 1 fully saturated rings. The Morgan fingerprint density at radius 1 is 0.510 bits per heavy atom. The molecule has 49 heavy (non-hydrogen) atoms. The van der Waals surface area contributed by atoms with Crippen LogP contribution in [0.1, 0.15) is 27.1 Å². The number of nitrogen functional groups attached to an aromatic ring is 2. The maximum atomic E-state index is 14.2. The van der Waals surface area contributed by atoms with E-state index in [2.05, 4.69) is 0 Å². The molecule has 258 valence electrons. The van der Waals surface area contributed by atoms with Crippen LogP contribution < -0.4 is 39.9 Å². The van der Waals surface area contributed by atoms with Gasteiger partial charge in [0.15, 0.2) is 23.0 Å². The van der Waals surface area contributed by atoms with E-state index in [9.17, 15) is 9.59 Å². The van der Waals surface area contributed by atoms with E-state index < -0.39 is 0 Å². The molecule has 1 aliphatic rings. The quantitative estimate of drug-likeness (QED) is 0.215. The Morgan fingerprint density at radius 3 is 1.16 bits per heavy atom. The molecular formula is C37H42N4O8. The second-order valence-corrected chi connectivity index (χ2v) is 11.4. The van der Waals surface area contributed by atoms with Crippen molar-refractivity contribution in [2.24, 2.45) is 0 Å². The van der Waals surface area contributed by atoms with Gasteiger partial charge in [0.05, 0.1) is 42.7 Å². The van der Waals surface area contributed by atoms with Gasteiger partial charge in [0.2, 0.25) is 11.5 Å². The molecule has 4 aromatic carbocycles. The molecule has 12 heteroatoms. The number of nitrogens with two attached hydrogens (primary N) is 2. The Bertz CT molecular complexity index is 1680. The van der Waals surface area contributed by atoms with Crippen molar-refractivity contribution >= 4 is 23.2 Å². The van der Waals surface area contributed by atoms with Gasteiger partial charge in [-0.15, -0.1) is 0 Å². The largest absolute Gasteiger partial charge is 0.493 e. The van der Waals surface area contributed by atoms with Gasteiger partial charge >= 0.3 is 0 Å². The molecule has 0 aromatic heterocycles. The first-order chi connectivity index (χ1) is 23.7. The highest BCUT2D eigenvalue weighted by Crippen LogP contribution is 2.43. The van der Waals surface area contributed by atoms with Gasteiger partial charge < -0.3 is 49.7 Å². The summed E-state index contributed by atoms with van der Waals surface area (Å²) in [5, 5.41) is 0. The third-order valence-electron chi connectivity index (χ3n) is 8.57. The third kappa shape index (κ3) is 6.94. The van der Waals surface area contributed by atoms with E-state index in [1.54, 1.807) is 70.5 Å². The van der Waals surface area contributed by atoms with Gasteiger partial charge in [0.1, 0.15) is 0 Å². The average molecular weight is 671 g/mol. The number of carbonyl (C=O) groups is 2. The fourth-order valence-electron chi connectivity index (χ4n) is 6.12. The number of benzene rings is 4. The topological polar surface area (TPSA) is 148 Å². The van der Waals surface area contributed by atoms with Crippen molar-refractivity contribution in [3.63, 3.8) is 0 Å². The Kier molecular flexibility index (Phi) is 10.6. The molecule has 0 bridgehead atoms. The standard InChI is InChI=1S/C37H42N4O8/c1-44-30-16-22(17-31(45-2)34(30)48-5)26-10-8-24(38)20-28(26)36(42)40-12-7-13-41(15-14-40)37(43)29-21-25(39)9-11-27(29)23-18-32(46-3)35(49-6)33(19-23)47-4/h8-11,16-21H,7,12-15,38-39H2,1-6H3. The van der Waals surface area contributed by atoms with Gasteiger partial charge in [-0.2, -0.15) is 0 Å². The Hall–Kier alpha value is -5.78. The monoisotopic (exact) mass is 670 g/mol. The number of nitrogens with zero attached hydrogens (tertiary/aromatic N) is 2. The molecule has 4 aromatic rings. The van der Waals surface area contributed by atoms with E-state index in [1.165, 1.54) is 42.7 Å². The Morgan fingerprint density at radius 2 is 0.857 bits per heavy atom. The van der Waals surface area contributed by atoms with Crippen LogP contribution >= 0.6 is 0 Å². The van der Waals surface area contributed by atoms with Crippen molar-refractivity contribution in [3.05, 3.63) is 71.8 Å². The molecule has 0 radical (unpaired) electrons. The molecule has 1 heterocycles. The Labute approximate surface area is 286 Å². The van der Waals surface area contributed by atoms with Crippen LogP contribution in [-0.4, -0.2) is 90.5 Å². The molecule has 4 N–H and O–H groups in total. The van der Waals surface area contributed by atoms with Gasteiger partial charge in [-0.05, 0) is 77.2 Å². The van der Waals surface area contributed by atoms with Gasteiger partial charge in [-0.1, -0.05) is 12.1 Å². The first-order valence-electron chi connectivity index (χ1n) is 15.7. The van der Waals surface area contributed by atoms with Crippen LogP contribution in [0.3, 0.4) is 0 Å². The molecule has 1 saturated heterocycles. The molecule has 2 amide bonds. The van der Waals surface area contributed by atoms with Crippen molar-refractivity contribution in [3.8, 4) is 56.8 Å². The predicted octanol–water partition coefficient (Wildman–Crippen LogP) is 5.22. The number of rotatable bonds is 10. The summed E-state index contributed by atoms with van der Waals surface area (Å²) in [4.78, 5) is 31.8. The van der Waals surface area contributed by atoms with E-state index >= 15 is 0 Å². The fraction of sp³-hybridized carbons (Fsp3) is 0.297. The third-order valence-corrected chi connectivity index (χ3v) is 8.57. The molecule has 0 spiro atoms. The summed E-state index contributed by atoms with van der Waals surface area (Å²) >= 11 is 0. The van der Waals surface area contributed by atoms with Crippen LogP contribution in [-0.2, 0) is 0 Å². The zero-order valence-corrected chi connectivity index (χ0v) is 28.6. The van der Waals surface area contributed by atoms with E-state index in [0.29, 0.717) is 112 Å². The number of ether oxygens (including phenoxy) is 6. The average Bonchev–Trinajstić information content (AvgIpc) is 3.39. The molecule has 0 saturated carbocycles. The van der Waals surface area contributed by atoms with Gasteiger partial charge in [-0.3, -0.25) is 9.59 Å². The minimum atomic E-state index is -0.201. The summed E-state index contributed by atoms with van der Waals surface area (Å²) in [6.45, 7) is 1.53.